The second-order valence-electron chi connectivity index (χ2n) is 7.23. The lowest BCUT2D eigenvalue weighted by molar-refractivity contribution is 0.0690. The van der Waals surface area contributed by atoms with Crippen molar-refractivity contribution in [1.82, 2.24) is 15.0 Å². The number of para-hydroxylation sites is 1. The molecule has 0 saturated carbocycles. The van der Waals surface area contributed by atoms with Crippen LogP contribution < -0.4 is 10.2 Å². The fraction of sp³-hybridized carbons (Fsp3) is 0.136. The number of carboxylic acids is 1. The zero-order valence-corrected chi connectivity index (χ0v) is 18.2. The van der Waals surface area contributed by atoms with Crippen LogP contribution in [0, 0.1) is 0 Å². The van der Waals surface area contributed by atoms with Gasteiger partial charge in [0.25, 0.3) is 5.91 Å². The third kappa shape index (κ3) is 3.76. The molecule has 0 spiro atoms. The highest BCUT2D eigenvalue weighted by atomic mass is 35.5. The molecule has 32 heavy (non-hydrogen) atoms. The largest absolute Gasteiger partial charge is 0.476 e. The summed E-state index contributed by atoms with van der Waals surface area (Å²) in [4.78, 5) is 39.1. The van der Waals surface area contributed by atoms with E-state index < -0.39 is 5.97 Å². The lowest BCUT2D eigenvalue weighted by Crippen LogP contribution is -2.33. The molecule has 1 amide bonds. The number of amides is 1. The van der Waals surface area contributed by atoms with Crippen LogP contribution in [0.5, 0.6) is 0 Å². The van der Waals surface area contributed by atoms with Gasteiger partial charge in [-0.3, -0.25) is 10.1 Å². The predicted molar refractivity (Wildman–Crippen MR) is 123 cm³/mol. The highest BCUT2D eigenvalue weighted by Gasteiger charge is 2.25. The topological polar surface area (TPSA) is 108 Å². The molecule has 2 aromatic heterocycles. The average Bonchev–Trinajstić information content (AvgIpc) is 3.20. The van der Waals surface area contributed by atoms with Crippen molar-refractivity contribution in [1.29, 1.82) is 0 Å². The Labute approximate surface area is 191 Å². The van der Waals surface area contributed by atoms with Gasteiger partial charge in [-0.15, -0.1) is 0 Å². The Balaban J connectivity index is 1.43. The number of aromatic carboxylic acids is 1. The van der Waals surface area contributed by atoms with E-state index in [-0.39, 0.29) is 22.6 Å². The number of nitrogens with one attached hydrogen (secondary N) is 1. The minimum absolute atomic E-state index is 0.0189. The first-order valence-electron chi connectivity index (χ1n) is 9.78. The molecule has 2 aromatic carbocycles. The van der Waals surface area contributed by atoms with E-state index in [0.717, 1.165) is 21.3 Å². The number of anilines is 2. The molecule has 0 radical (unpaired) electrons. The van der Waals surface area contributed by atoms with Gasteiger partial charge in [0.05, 0.1) is 21.4 Å². The highest BCUT2D eigenvalue weighted by molar-refractivity contribution is 7.22. The van der Waals surface area contributed by atoms with Crippen molar-refractivity contribution in [3.8, 4) is 0 Å². The number of thiazole rings is 1. The molecular weight excluding hydrogens is 450 g/mol. The summed E-state index contributed by atoms with van der Waals surface area (Å²) in [5, 5.41) is 12.7. The van der Waals surface area contributed by atoms with Gasteiger partial charge >= 0.3 is 5.97 Å². The fourth-order valence-corrected chi connectivity index (χ4v) is 4.75. The van der Waals surface area contributed by atoms with Crippen molar-refractivity contribution >= 4 is 56.1 Å². The molecule has 4 aromatic rings. The molecule has 1 aliphatic rings. The minimum atomic E-state index is -1.22. The molecule has 1 aliphatic heterocycles. The Morgan fingerprint density at radius 3 is 2.78 bits per heavy atom. The Hall–Kier alpha value is -3.56. The number of rotatable bonds is 4. The molecule has 0 aliphatic carbocycles. The average molecular weight is 466 g/mol. The lowest BCUT2D eigenvalue weighted by Gasteiger charge is -2.30. The van der Waals surface area contributed by atoms with E-state index in [9.17, 15) is 14.7 Å². The maximum atomic E-state index is 13.1. The summed E-state index contributed by atoms with van der Waals surface area (Å²) < 4.78 is 0.998. The summed E-state index contributed by atoms with van der Waals surface area (Å²) in [5.41, 5.74) is 3.05. The molecule has 0 fully saturated rings. The van der Waals surface area contributed by atoms with E-state index in [1.165, 1.54) is 17.5 Å². The highest BCUT2D eigenvalue weighted by Crippen LogP contribution is 2.29. The van der Waals surface area contributed by atoms with E-state index in [0.29, 0.717) is 30.2 Å². The van der Waals surface area contributed by atoms with Crippen molar-refractivity contribution in [2.45, 2.75) is 13.0 Å². The number of carbonyl (C=O) groups excluding carboxylic acids is 1. The van der Waals surface area contributed by atoms with E-state index in [2.05, 4.69) is 20.3 Å². The molecule has 8 nitrogen and oxygen atoms in total. The molecule has 0 saturated heterocycles. The first kappa shape index (κ1) is 20.3. The summed E-state index contributed by atoms with van der Waals surface area (Å²) in [6.07, 6.45) is 1.96. The molecule has 5 rings (SSSR count). The van der Waals surface area contributed by atoms with Crippen molar-refractivity contribution < 1.29 is 14.7 Å². The van der Waals surface area contributed by atoms with Gasteiger partial charge in [0.2, 0.25) is 5.95 Å². The third-order valence-electron chi connectivity index (χ3n) is 5.25. The number of benzene rings is 2. The number of hydrogen-bond acceptors (Lipinski definition) is 7. The smallest absolute Gasteiger partial charge is 0.356 e. The van der Waals surface area contributed by atoms with Crippen molar-refractivity contribution in [2.24, 2.45) is 0 Å². The second kappa shape index (κ2) is 8.18. The van der Waals surface area contributed by atoms with Gasteiger partial charge in [-0.25, -0.2) is 19.7 Å². The van der Waals surface area contributed by atoms with Gasteiger partial charge in [0, 0.05) is 18.7 Å². The Bertz CT molecular complexity index is 1340. The predicted octanol–water partition coefficient (Wildman–Crippen LogP) is 4.25. The molecule has 0 bridgehead atoms. The van der Waals surface area contributed by atoms with Crippen molar-refractivity contribution in [2.75, 3.05) is 16.8 Å². The van der Waals surface area contributed by atoms with Crippen LogP contribution in [0.2, 0.25) is 5.02 Å². The maximum absolute atomic E-state index is 13.1. The van der Waals surface area contributed by atoms with Gasteiger partial charge in [-0.05, 0) is 35.7 Å². The molecule has 0 unspecified atom stereocenters. The van der Waals surface area contributed by atoms with Crippen LogP contribution in [0.15, 0.2) is 48.7 Å². The fourth-order valence-electron chi connectivity index (χ4n) is 3.71. The molecular formula is C22H16ClN5O3S. The summed E-state index contributed by atoms with van der Waals surface area (Å²) in [7, 11) is 0. The first-order valence-corrected chi connectivity index (χ1v) is 11.0. The number of hydrogen-bond donors (Lipinski definition) is 2. The Morgan fingerprint density at radius 2 is 1.97 bits per heavy atom. The summed E-state index contributed by atoms with van der Waals surface area (Å²) >= 11 is 7.32. The van der Waals surface area contributed by atoms with Crippen molar-refractivity contribution in [3.63, 3.8) is 0 Å². The number of nitrogens with zero attached hydrogens (tertiary/aromatic N) is 4. The SMILES string of the molecule is O=C(Nc1nc2ccccc2s1)c1cccc2c1CN(c1ncc(Cl)c(C(=O)O)n1)CC2. The normalized spacial score (nSPS) is 13.1. The Morgan fingerprint density at radius 1 is 1.12 bits per heavy atom. The van der Waals surface area contributed by atoms with Crippen LogP contribution in [0.25, 0.3) is 10.2 Å². The number of carboxylic acid groups (broad SMARTS) is 1. The van der Waals surface area contributed by atoms with Gasteiger partial charge in [-0.2, -0.15) is 0 Å². The third-order valence-corrected chi connectivity index (χ3v) is 6.48. The van der Waals surface area contributed by atoms with Crippen LogP contribution in [-0.4, -0.2) is 38.5 Å². The standard InChI is InChI=1S/C22H16ClN5O3S/c23-15-10-24-21(26-18(15)20(30)31)28-9-8-12-4-3-5-13(14(12)11-28)19(29)27-22-25-16-6-1-2-7-17(16)32-22/h1-7,10H,8-9,11H2,(H,30,31)(H,25,27,29). The monoisotopic (exact) mass is 465 g/mol. The van der Waals surface area contributed by atoms with Gasteiger partial charge < -0.3 is 10.0 Å². The van der Waals surface area contributed by atoms with Crippen LogP contribution >= 0.6 is 22.9 Å². The summed E-state index contributed by atoms with van der Waals surface area (Å²) in [6.45, 7) is 0.968. The van der Waals surface area contributed by atoms with Crippen LogP contribution in [0.3, 0.4) is 0 Å². The molecule has 0 atom stereocenters. The van der Waals surface area contributed by atoms with E-state index in [4.69, 9.17) is 11.6 Å². The van der Waals surface area contributed by atoms with Crippen LogP contribution in [-0.2, 0) is 13.0 Å². The second-order valence-corrected chi connectivity index (χ2v) is 8.67. The summed E-state index contributed by atoms with van der Waals surface area (Å²) in [5.74, 6) is -1.20. The molecule has 3 heterocycles. The van der Waals surface area contributed by atoms with Gasteiger partial charge in [-0.1, -0.05) is 47.2 Å². The van der Waals surface area contributed by atoms with E-state index in [1.54, 1.807) is 6.07 Å². The van der Waals surface area contributed by atoms with E-state index >= 15 is 0 Å². The molecule has 2 N–H and O–H groups in total. The van der Waals surface area contributed by atoms with Crippen LogP contribution in [0.1, 0.15) is 32.0 Å². The van der Waals surface area contributed by atoms with Gasteiger partial charge in [0.15, 0.2) is 10.8 Å². The summed E-state index contributed by atoms with van der Waals surface area (Å²) in [6, 6.07) is 13.3. The van der Waals surface area contributed by atoms with Gasteiger partial charge in [0.1, 0.15) is 0 Å². The number of aromatic nitrogens is 3. The molecule has 160 valence electrons. The zero-order valence-electron chi connectivity index (χ0n) is 16.6. The van der Waals surface area contributed by atoms with Crippen LogP contribution in [0.4, 0.5) is 11.1 Å². The molecule has 10 heteroatoms. The maximum Gasteiger partial charge on any atom is 0.356 e. The number of carbonyl (C=O) groups is 2. The lowest BCUT2D eigenvalue weighted by atomic mass is 9.94. The zero-order chi connectivity index (χ0) is 22.2. The minimum Gasteiger partial charge on any atom is -0.476 e. The Kier molecular flexibility index (Phi) is 5.20. The number of halogens is 1. The van der Waals surface area contributed by atoms with Crippen molar-refractivity contribution in [3.05, 3.63) is 76.1 Å². The van der Waals surface area contributed by atoms with E-state index in [1.807, 2.05) is 41.3 Å². The first-order chi connectivity index (χ1) is 15.5. The quantitative estimate of drug-likeness (QED) is 0.463. The number of fused-ring (bicyclic) bond motifs is 2.